The van der Waals surface area contributed by atoms with E-state index in [2.05, 4.69) is 15.3 Å². The van der Waals surface area contributed by atoms with Crippen LogP contribution in [0.1, 0.15) is 36.0 Å². The minimum Gasteiger partial charge on any atom is -0.490 e. The van der Waals surface area contributed by atoms with Crippen molar-refractivity contribution in [3.8, 4) is 17.1 Å². The number of benzene rings is 2. The molecule has 1 amide bonds. The molecule has 1 aliphatic rings. The predicted molar refractivity (Wildman–Crippen MR) is 105 cm³/mol. The fourth-order valence-corrected chi connectivity index (χ4v) is 3.20. The Labute approximate surface area is 158 Å². The smallest absolute Gasteiger partial charge is 0.258 e. The van der Waals surface area contributed by atoms with Crippen molar-refractivity contribution in [1.29, 1.82) is 0 Å². The molecule has 2 aromatic carbocycles. The van der Waals surface area contributed by atoms with Gasteiger partial charge >= 0.3 is 0 Å². The van der Waals surface area contributed by atoms with Crippen molar-refractivity contribution in [3.05, 3.63) is 72.6 Å². The Morgan fingerprint density at radius 1 is 0.926 bits per heavy atom. The van der Waals surface area contributed by atoms with E-state index in [0.29, 0.717) is 23.2 Å². The molecule has 1 fully saturated rings. The standard InChI is InChI=1S/C22H21N3O2/c26-22(17-14-23-21(24-15-17)16-6-2-1-3-7-16)25-18-10-12-20(13-11-18)27-19-8-4-5-9-19/h1-3,6-7,10-15,19H,4-5,8-9H2,(H,25,26). The summed E-state index contributed by atoms with van der Waals surface area (Å²) < 4.78 is 5.94. The van der Waals surface area contributed by atoms with E-state index >= 15 is 0 Å². The Morgan fingerprint density at radius 3 is 2.26 bits per heavy atom. The third-order valence-electron chi connectivity index (χ3n) is 4.66. The highest BCUT2D eigenvalue weighted by Gasteiger charge is 2.16. The number of hydrogen-bond acceptors (Lipinski definition) is 4. The first-order valence-corrected chi connectivity index (χ1v) is 9.23. The number of nitrogens with zero attached hydrogens (tertiary/aromatic N) is 2. The molecule has 3 aromatic rings. The molecule has 0 saturated heterocycles. The summed E-state index contributed by atoms with van der Waals surface area (Å²) in [6.45, 7) is 0. The second-order valence-corrected chi connectivity index (χ2v) is 6.66. The zero-order valence-corrected chi connectivity index (χ0v) is 15.0. The highest BCUT2D eigenvalue weighted by molar-refractivity contribution is 6.03. The summed E-state index contributed by atoms with van der Waals surface area (Å²) in [7, 11) is 0. The van der Waals surface area contributed by atoms with Crippen molar-refractivity contribution >= 4 is 11.6 Å². The van der Waals surface area contributed by atoms with E-state index < -0.39 is 0 Å². The van der Waals surface area contributed by atoms with E-state index in [4.69, 9.17) is 4.74 Å². The molecule has 5 heteroatoms. The van der Waals surface area contributed by atoms with Crippen LogP contribution in [0.4, 0.5) is 5.69 Å². The summed E-state index contributed by atoms with van der Waals surface area (Å²) in [6, 6.07) is 17.2. The zero-order valence-electron chi connectivity index (χ0n) is 15.0. The summed E-state index contributed by atoms with van der Waals surface area (Å²) >= 11 is 0. The molecule has 1 aliphatic carbocycles. The molecule has 0 unspecified atom stereocenters. The molecule has 0 aliphatic heterocycles. The number of rotatable bonds is 5. The largest absolute Gasteiger partial charge is 0.490 e. The van der Waals surface area contributed by atoms with Gasteiger partial charge in [-0.15, -0.1) is 0 Å². The lowest BCUT2D eigenvalue weighted by atomic mass is 10.2. The van der Waals surface area contributed by atoms with Gasteiger partial charge in [-0.2, -0.15) is 0 Å². The van der Waals surface area contributed by atoms with Gasteiger partial charge in [-0.1, -0.05) is 30.3 Å². The van der Waals surface area contributed by atoms with Gasteiger partial charge in [0.1, 0.15) is 5.75 Å². The topological polar surface area (TPSA) is 64.1 Å². The van der Waals surface area contributed by atoms with E-state index in [0.717, 1.165) is 24.2 Å². The molecule has 0 radical (unpaired) electrons. The van der Waals surface area contributed by atoms with Gasteiger partial charge in [-0.3, -0.25) is 4.79 Å². The van der Waals surface area contributed by atoms with E-state index in [1.807, 2.05) is 54.6 Å². The van der Waals surface area contributed by atoms with Crippen LogP contribution in [0.5, 0.6) is 5.75 Å². The minimum absolute atomic E-state index is 0.237. The lowest BCUT2D eigenvalue weighted by Crippen LogP contribution is -2.13. The minimum atomic E-state index is -0.237. The SMILES string of the molecule is O=C(Nc1ccc(OC2CCCC2)cc1)c1cnc(-c2ccccc2)nc1. The van der Waals surface area contributed by atoms with Gasteiger partial charge in [0.25, 0.3) is 5.91 Å². The van der Waals surface area contributed by atoms with E-state index in [1.165, 1.54) is 12.8 Å². The second-order valence-electron chi connectivity index (χ2n) is 6.66. The average molecular weight is 359 g/mol. The molecule has 1 N–H and O–H groups in total. The normalized spacial score (nSPS) is 14.1. The zero-order chi connectivity index (χ0) is 18.5. The van der Waals surface area contributed by atoms with Crippen LogP contribution in [0.15, 0.2) is 67.0 Å². The number of carbonyl (C=O) groups is 1. The van der Waals surface area contributed by atoms with Crippen molar-refractivity contribution in [2.45, 2.75) is 31.8 Å². The Balaban J connectivity index is 1.38. The van der Waals surface area contributed by atoms with Crippen molar-refractivity contribution in [3.63, 3.8) is 0 Å². The lowest BCUT2D eigenvalue weighted by Gasteiger charge is -2.13. The van der Waals surface area contributed by atoms with Crippen LogP contribution in [0.3, 0.4) is 0 Å². The van der Waals surface area contributed by atoms with Crippen molar-refractivity contribution in [1.82, 2.24) is 9.97 Å². The maximum absolute atomic E-state index is 12.4. The van der Waals surface area contributed by atoms with Crippen LogP contribution >= 0.6 is 0 Å². The van der Waals surface area contributed by atoms with E-state index in [1.54, 1.807) is 12.4 Å². The number of anilines is 1. The van der Waals surface area contributed by atoms with Crippen LogP contribution in [-0.2, 0) is 0 Å². The molecule has 1 saturated carbocycles. The van der Waals surface area contributed by atoms with Crippen LogP contribution in [-0.4, -0.2) is 22.0 Å². The van der Waals surface area contributed by atoms with Crippen LogP contribution in [0, 0.1) is 0 Å². The molecule has 1 heterocycles. The Kier molecular flexibility index (Phi) is 5.10. The molecule has 5 nitrogen and oxygen atoms in total. The molecule has 27 heavy (non-hydrogen) atoms. The van der Waals surface area contributed by atoms with Crippen LogP contribution < -0.4 is 10.1 Å². The van der Waals surface area contributed by atoms with Gasteiger partial charge in [-0.05, 0) is 49.9 Å². The first kappa shape index (κ1) is 17.2. The summed E-state index contributed by atoms with van der Waals surface area (Å²) in [6.07, 6.45) is 8.14. The van der Waals surface area contributed by atoms with Gasteiger partial charge in [-0.25, -0.2) is 9.97 Å². The van der Waals surface area contributed by atoms with Gasteiger partial charge < -0.3 is 10.1 Å². The van der Waals surface area contributed by atoms with Crippen LogP contribution in [0.25, 0.3) is 11.4 Å². The number of nitrogens with one attached hydrogen (secondary N) is 1. The number of amides is 1. The predicted octanol–water partition coefficient (Wildman–Crippen LogP) is 4.72. The first-order valence-electron chi connectivity index (χ1n) is 9.23. The van der Waals surface area contributed by atoms with Crippen LogP contribution in [0.2, 0.25) is 0 Å². The molecule has 1 aromatic heterocycles. The fourth-order valence-electron chi connectivity index (χ4n) is 3.20. The Bertz CT molecular complexity index is 887. The molecule has 0 bridgehead atoms. The quantitative estimate of drug-likeness (QED) is 0.716. The third kappa shape index (κ3) is 4.31. The fraction of sp³-hybridized carbons (Fsp3) is 0.227. The number of carbonyl (C=O) groups excluding carboxylic acids is 1. The molecular weight excluding hydrogens is 338 g/mol. The maximum Gasteiger partial charge on any atom is 0.258 e. The van der Waals surface area contributed by atoms with E-state index in [9.17, 15) is 4.79 Å². The van der Waals surface area contributed by atoms with Crippen molar-refractivity contribution in [2.24, 2.45) is 0 Å². The van der Waals surface area contributed by atoms with Gasteiger partial charge in [0.2, 0.25) is 0 Å². The van der Waals surface area contributed by atoms with E-state index in [-0.39, 0.29) is 5.91 Å². The molecule has 4 rings (SSSR count). The van der Waals surface area contributed by atoms with Crippen molar-refractivity contribution in [2.75, 3.05) is 5.32 Å². The number of ether oxygens (including phenoxy) is 1. The average Bonchev–Trinajstić information content (AvgIpc) is 3.23. The van der Waals surface area contributed by atoms with Gasteiger partial charge in [0, 0.05) is 23.6 Å². The third-order valence-corrected chi connectivity index (χ3v) is 4.66. The number of aromatic nitrogens is 2. The molecule has 0 spiro atoms. The monoisotopic (exact) mass is 359 g/mol. The van der Waals surface area contributed by atoms with Gasteiger partial charge in [0.15, 0.2) is 5.82 Å². The molecule has 0 atom stereocenters. The van der Waals surface area contributed by atoms with Crippen molar-refractivity contribution < 1.29 is 9.53 Å². The number of hydrogen-bond donors (Lipinski definition) is 1. The highest BCUT2D eigenvalue weighted by atomic mass is 16.5. The summed E-state index contributed by atoms with van der Waals surface area (Å²) in [5.41, 5.74) is 2.05. The Hall–Kier alpha value is -3.21. The lowest BCUT2D eigenvalue weighted by molar-refractivity contribution is 0.102. The summed E-state index contributed by atoms with van der Waals surface area (Å²) in [5, 5.41) is 2.86. The molecule has 136 valence electrons. The van der Waals surface area contributed by atoms with Gasteiger partial charge in [0.05, 0.1) is 11.7 Å². The summed E-state index contributed by atoms with van der Waals surface area (Å²) in [4.78, 5) is 21.0. The Morgan fingerprint density at radius 2 is 1.59 bits per heavy atom. The maximum atomic E-state index is 12.4. The molecular formula is C22H21N3O2. The first-order chi connectivity index (χ1) is 13.3. The summed E-state index contributed by atoms with van der Waals surface area (Å²) in [5.74, 6) is 1.20. The highest BCUT2D eigenvalue weighted by Crippen LogP contribution is 2.25. The second kappa shape index (κ2) is 7.99.